The Balaban J connectivity index is 1.41. The van der Waals surface area contributed by atoms with Gasteiger partial charge in [0, 0.05) is 11.8 Å². The number of esters is 2. The first kappa shape index (κ1) is 25.4. The van der Waals surface area contributed by atoms with Gasteiger partial charge in [0.15, 0.2) is 18.5 Å². The van der Waals surface area contributed by atoms with Crippen molar-refractivity contribution in [2.45, 2.75) is 97.7 Å². The molecule has 0 spiro atoms. The molecule has 0 amide bonds. The highest BCUT2D eigenvalue weighted by molar-refractivity contribution is 5.91. The van der Waals surface area contributed by atoms with Crippen molar-refractivity contribution in [3.05, 3.63) is 11.6 Å². The van der Waals surface area contributed by atoms with Crippen molar-refractivity contribution in [1.29, 1.82) is 0 Å². The predicted molar refractivity (Wildman–Crippen MR) is 128 cm³/mol. The van der Waals surface area contributed by atoms with Crippen molar-refractivity contribution >= 4 is 17.7 Å². The summed E-state index contributed by atoms with van der Waals surface area (Å²) in [5.74, 6) is 1.82. The Morgan fingerprint density at radius 2 is 1.94 bits per heavy atom. The van der Waals surface area contributed by atoms with Crippen LogP contribution in [0, 0.1) is 40.9 Å². The van der Waals surface area contributed by atoms with E-state index in [0.29, 0.717) is 48.2 Å². The van der Waals surface area contributed by atoms with Gasteiger partial charge in [-0.15, -0.1) is 0 Å². The second-order valence-corrected chi connectivity index (χ2v) is 11.9. The molecule has 6 nitrogen and oxygen atoms in total. The number of fused-ring (bicyclic) bond motifs is 5. The minimum Gasteiger partial charge on any atom is -0.459 e. The van der Waals surface area contributed by atoms with Gasteiger partial charge in [0.05, 0.1) is 0 Å². The van der Waals surface area contributed by atoms with Gasteiger partial charge in [-0.05, 0) is 93.0 Å². The van der Waals surface area contributed by atoms with Crippen LogP contribution >= 0.6 is 0 Å². The lowest BCUT2D eigenvalue weighted by atomic mass is 9.52. The Hall–Kier alpha value is -1.69. The Labute approximate surface area is 203 Å². The summed E-state index contributed by atoms with van der Waals surface area (Å²) in [5.41, 5.74) is 1.32. The van der Waals surface area contributed by atoms with Crippen molar-refractivity contribution in [3.8, 4) is 0 Å². The summed E-state index contributed by atoms with van der Waals surface area (Å²) in [5, 5.41) is 9.92. The fourth-order valence-electron chi connectivity index (χ4n) is 7.87. The summed E-state index contributed by atoms with van der Waals surface area (Å²) in [7, 11) is 0. The van der Waals surface area contributed by atoms with E-state index >= 15 is 0 Å². The SMILES string of the molecule is CC[C@H]1C[C@H]2[C@@H]3CCC4=CC(=O)CC[C@@H]4[C@H]3CC[C@]2(C)[C@H]1OC(=O)COC(=O)C(O)CC(C)C. The number of hydrogen-bond donors (Lipinski definition) is 1. The Morgan fingerprint density at radius 3 is 2.65 bits per heavy atom. The van der Waals surface area contributed by atoms with E-state index in [-0.39, 0.29) is 17.4 Å². The van der Waals surface area contributed by atoms with Gasteiger partial charge < -0.3 is 14.6 Å². The van der Waals surface area contributed by atoms with Crippen LogP contribution in [-0.4, -0.2) is 41.6 Å². The van der Waals surface area contributed by atoms with Crippen LogP contribution in [0.3, 0.4) is 0 Å². The Kier molecular flexibility index (Phi) is 7.56. The molecule has 0 aromatic carbocycles. The molecule has 6 heteroatoms. The largest absolute Gasteiger partial charge is 0.459 e. The van der Waals surface area contributed by atoms with Crippen LogP contribution in [0.15, 0.2) is 11.6 Å². The summed E-state index contributed by atoms with van der Waals surface area (Å²) in [6.45, 7) is 7.85. The Bertz CT molecular complexity index is 831. The number of carbonyl (C=O) groups excluding carboxylic acids is 3. The van der Waals surface area contributed by atoms with E-state index in [2.05, 4.69) is 13.8 Å². The number of ether oxygens (including phenoxy) is 2. The van der Waals surface area contributed by atoms with E-state index in [0.717, 1.165) is 44.9 Å². The number of aliphatic hydroxyl groups is 1. The highest BCUT2D eigenvalue weighted by atomic mass is 16.6. The minimum absolute atomic E-state index is 0.0651. The average Bonchev–Trinajstić information content (AvgIpc) is 3.08. The van der Waals surface area contributed by atoms with Crippen LogP contribution in [-0.2, 0) is 23.9 Å². The van der Waals surface area contributed by atoms with E-state index in [1.54, 1.807) is 0 Å². The van der Waals surface area contributed by atoms with Crippen LogP contribution in [0.2, 0.25) is 0 Å². The number of ketones is 1. The van der Waals surface area contributed by atoms with Crippen LogP contribution in [0.4, 0.5) is 0 Å². The fraction of sp³-hybridized carbons (Fsp3) is 0.821. The third kappa shape index (κ3) is 4.84. The first-order chi connectivity index (χ1) is 16.1. The first-order valence-electron chi connectivity index (χ1n) is 13.4. The summed E-state index contributed by atoms with van der Waals surface area (Å²) in [6, 6.07) is 0. The van der Waals surface area contributed by atoms with Gasteiger partial charge in [-0.25, -0.2) is 9.59 Å². The molecule has 34 heavy (non-hydrogen) atoms. The molecule has 190 valence electrons. The normalized spacial score (nSPS) is 37.8. The molecule has 1 unspecified atom stereocenters. The van der Waals surface area contributed by atoms with E-state index in [9.17, 15) is 19.5 Å². The summed E-state index contributed by atoms with van der Waals surface area (Å²) < 4.78 is 11.1. The van der Waals surface area contributed by atoms with Crippen molar-refractivity contribution in [2.24, 2.45) is 40.9 Å². The second-order valence-electron chi connectivity index (χ2n) is 11.9. The van der Waals surface area contributed by atoms with Crippen LogP contribution < -0.4 is 0 Å². The van der Waals surface area contributed by atoms with Crippen LogP contribution in [0.1, 0.15) is 85.5 Å². The number of allylic oxidation sites excluding steroid dienone is 1. The van der Waals surface area contributed by atoms with Gasteiger partial charge in [0.1, 0.15) is 6.10 Å². The van der Waals surface area contributed by atoms with Crippen LogP contribution in [0.25, 0.3) is 0 Å². The molecule has 3 saturated carbocycles. The molecule has 8 atom stereocenters. The molecule has 4 aliphatic carbocycles. The maximum Gasteiger partial charge on any atom is 0.344 e. The van der Waals surface area contributed by atoms with E-state index in [1.165, 1.54) is 5.57 Å². The molecule has 0 aromatic rings. The smallest absolute Gasteiger partial charge is 0.344 e. The monoisotopic (exact) mass is 474 g/mol. The lowest BCUT2D eigenvalue weighted by Crippen LogP contribution is -2.49. The highest BCUT2D eigenvalue weighted by Gasteiger charge is 2.60. The lowest BCUT2D eigenvalue weighted by Gasteiger charge is -2.53. The quantitative estimate of drug-likeness (QED) is 0.541. The number of carbonyl (C=O) groups is 3. The molecule has 1 N–H and O–H groups in total. The van der Waals surface area contributed by atoms with Gasteiger partial charge >= 0.3 is 11.9 Å². The van der Waals surface area contributed by atoms with Crippen molar-refractivity contribution < 1.29 is 29.0 Å². The summed E-state index contributed by atoms with van der Waals surface area (Å²) in [4.78, 5) is 36.7. The standard InChI is InChI=1S/C28H42O6/c1-5-17-14-23-22-8-6-18-13-19(29)7-9-20(18)21(22)10-11-28(23,4)26(17)34-25(31)15-33-27(32)24(30)12-16(2)3/h13,16-17,20-24,26,30H,5-12,14-15H2,1-4H3/t17-,20-,21+,22+,23-,24?,26-,28-/m0/s1. The lowest BCUT2D eigenvalue weighted by molar-refractivity contribution is -0.174. The number of rotatable bonds is 7. The van der Waals surface area contributed by atoms with Gasteiger partial charge in [-0.2, -0.15) is 0 Å². The van der Waals surface area contributed by atoms with E-state index in [1.807, 2.05) is 19.9 Å². The van der Waals surface area contributed by atoms with Crippen molar-refractivity contribution in [1.82, 2.24) is 0 Å². The zero-order chi connectivity index (χ0) is 24.6. The van der Waals surface area contributed by atoms with Crippen molar-refractivity contribution in [3.63, 3.8) is 0 Å². The maximum atomic E-state index is 12.7. The van der Waals surface area contributed by atoms with Gasteiger partial charge in [-0.1, -0.05) is 33.3 Å². The fourth-order valence-corrected chi connectivity index (χ4v) is 7.87. The molecule has 0 saturated heterocycles. The third-order valence-electron chi connectivity index (χ3n) is 9.45. The highest BCUT2D eigenvalue weighted by Crippen LogP contribution is 2.64. The molecule has 0 radical (unpaired) electrons. The van der Waals surface area contributed by atoms with Crippen LogP contribution in [0.5, 0.6) is 0 Å². The molecule has 0 heterocycles. The molecular weight excluding hydrogens is 432 g/mol. The molecule has 3 fully saturated rings. The van der Waals surface area contributed by atoms with Gasteiger partial charge in [0.25, 0.3) is 0 Å². The van der Waals surface area contributed by atoms with E-state index < -0.39 is 24.6 Å². The van der Waals surface area contributed by atoms with Crippen molar-refractivity contribution in [2.75, 3.05) is 6.61 Å². The topological polar surface area (TPSA) is 89.9 Å². The molecule has 0 aromatic heterocycles. The molecule has 0 bridgehead atoms. The molecule has 4 rings (SSSR count). The van der Waals surface area contributed by atoms with Gasteiger partial charge in [0.2, 0.25) is 0 Å². The molecule has 0 aliphatic heterocycles. The van der Waals surface area contributed by atoms with E-state index in [4.69, 9.17) is 9.47 Å². The van der Waals surface area contributed by atoms with Gasteiger partial charge in [-0.3, -0.25) is 4.79 Å². The third-order valence-corrected chi connectivity index (χ3v) is 9.45. The summed E-state index contributed by atoms with van der Waals surface area (Å²) in [6.07, 6.45) is 8.88. The first-order valence-corrected chi connectivity index (χ1v) is 13.4. The predicted octanol–water partition coefficient (Wildman–Crippen LogP) is 4.63. The zero-order valence-corrected chi connectivity index (χ0v) is 21.3. The minimum atomic E-state index is -1.21. The molecule has 4 aliphatic rings. The average molecular weight is 475 g/mol. The second kappa shape index (κ2) is 10.1. The molecular formula is C28H42O6. The maximum absolute atomic E-state index is 12.7. The zero-order valence-electron chi connectivity index (χ0n) is 21.3. The number of aliphatic hydroxyl groups excluding tert-OH is 1. The summed E-state index contributed by atoms with van der Waals surface area (Å²) >= 11 is 0. The Morgan fingerprint density at radius 1 is 1.18 bits per heavy atom. The number of hydrogen-bond acceptors (Lipinski definition) is 6.